The number of nitrogen functional groups attached to an aromatic ring is 1. The third-order valence-corrected chi connectivity index (χ3v) is 3.65. The molecule has 0 spiro atoms. The van der Waals surface area contributed by atoms with Crippen molar-refractivity contribution in [3.05, 3.63) is 52.0 Å². The minimum absolute atomic E-state index is 0.342. The molecular formula is C16H17BrN2O2. The molecule has 2 rings (SSSR count). The molecule has 0 aromatic heterocycles. The molecule has 4 nitrogen and oxygen atoms in total. The largest absolute Gasteiger partial charge is 0.462 e. The summed E-state index contributed by atoms with van der Waals surface area (Å²) in [6.07, 6.45) is 0. The zero-order valence-corrected chi connectivity index (χ0v) is 13.5. The van der Waals surface area contributed by atoms with E-state index in [4.69, 9.17) is 10.5 Å². The van der Waals surface area contributed by atoms with Gasteiger partial charge in [0.15, 0.2) is 0 Å². The van der Waals surface area contributed by atoms with Gasteiger partial charge in [-0.25, -0.2) is 4.79 Å². The maximum absolute atomic E-state index is 11.7. The van der Waals surface area contributed by atoms with E-state index in [2.05, 4.69) is 21.2 Å². The fourth-order valence-electron chi connectivity index (χ4n) is 1.90. The van der Waals surface area contributed by atoms with Gasteiger partial charge in [0.2, 0.25) is 0 Å². The monoisotopic (exact) mass is 348 g/mol. The van der Waals surface area contributed by atoms with Crippen molar-refractivity contribution in [1.82, 2.24) is 0 Å². The van der Waals surface area contributed by atoms with Gasteiger partial charge in [0, 0.05) is 4.47 Å². The van der Waals surface area contributed by atoms with Crippen LogP contribution in [0.1, 0.15) is 22.8 Å². The average molecular weight is 349 g/mol. The van der Waals surface area contributed by atoms with E-state index in [1.54, 1.807) is 25.1 Å². The Morgan fingerprint density at radius 3 is 2.67 bits per heavy atom. The second-order valence-corrected chi connectivity index (χ2v) is 5.49. The van der Waals surface area contributed by atoms with E-state index in [1.807, 2.05) is 25.1 Å². The summed E-state index contributed by atoms with van der Waals surface area (Å²) >= 11 is 3.49. The third kappa shape index (κ3) is 3.76. The van der Waals surface area contributed by atoms with E-state index in [0.717, 1.165) is 21.4 Å². The normalized spacial score (nSPS) is 10.2. The van der Waals surface area contributed by atoms with Gasteiger partial charge in [-0.1, -0.05) is 6.07 Å². The molecule has 0 bridgehead atoms. The van der Waals surface area contributed by atoms with Crippen molar-refractivity contribution >= 4 is 39.0 Å². The number of ether oxygens (including phenoxy) is 1. The number of rotatable bonds is 4. The Morgan fingerprint density at radius 2 is 2.00 bits per heavy atom. The third-order valence-electron chi connectivity index (χ3n) is 2.95. The molecule has 0 saturated carbocycles. The first-order chi connectivity index (χ1) is 10.0. The van der Waals surface area contributed by atoms with Crippen molar-refractivity contribution in [2.45, 2.75) is 13.8 Å². The molecule has 0 aliphatic rings. The molecule has 5 heteroatoms. The molecule has 0 heterocycles. The highest BCUT2D eigenvalue weighted by Crippen LogP contribution is 2.30. The molecule has 21 heavy (non-hydrogen) atoms. The smallest absolute Gasteiger partial charge is 0.338 e. The lowest BCUT2D eigenvalue weighted by Gasteiger charge is -2.12. The van der Waals surface area contributed by atoms with Crippen LogP contribution in [0.25, 0.3) is 0 Å². The predicted octanol–water partition coefficient (Wildman–Crippen LogP) is 4.26. The summed E-state index contributed by atoms with van der Waals surface area (Å²) in [5.74, 6) is -0.368. The fourth-order valence-corrected chi connectivity index (χ4v) is 2.24. The number of carbonyl (C=O) groups excluding carboxylic acids is 1. The lowest BCUT2D eigenvalue weighted by Crippen LogP contribution is -2.06. The molecule has 0 amide bonds. The molecule has 0 aliphatic carbocycles. The van der Waals surface area contributed by atoms with Gasteiger partial charge in [-0.05, 0) is 65.7 Å². The van der Waals surface area contributed by atoms with Gasteiger partial charge >= 0.3 is 5.97 Å². The Morgan fingerprint density at radius 1 is 1.24 bits per heavy atom. The van der Waals surface area contributed by atoms with E-state index in [0.29, 0.717) is 17.9 Å². The van der Waals surface area contributed by atoms with Crippen LogP contribution < -0.4 is 11.1 Å². The van der Waals surface area contributed by atoms with Crippen LogP contribution in [-0.4, -0.2) is 12.6 Å². The summed E-state index contributed by atoms with van der Waals surface area (Å²) in [5, 5.41) is 3.26. The zero-order chi connectivity index (χ0) is 15.4. The minimum atomic E-state index is -0.368. The summed E-state index contributed by atoms with van der Waals surface area (Å²) in [4.78, 5) is 11.7. The number of benzene rings is 2. The number of nitrogens with two attached hydrogens (primary N) is 1. The van der Waals surface area contributed by atoms with Crippen molar-refractivity contribution in [2.24, 2.45) is 0 Å². The lowest BCUT2D eigenvalue weighted by molar-refractivity contribution is 0.0526. The summed E-state index contributed by atoms with van der Waals surface area (Å²) < 4.78 is 5.90. The molecule has 0 saturated heterocycles. The van der Waals surface area contributed by atoms with Crippen molar-refractivity contribution in [1.29, 1.82) is 0 Å². The Labute approximate surface area is 132 Å². The van der Waals surface area contributed by atoms with Crippen LogP contribution in [0.3, 0.4) is 0 Å². The van der Waals surface area contributed by atoms with Gasteiger partial charge in [-0.3, -0.25) is 0 Å². The van der Waals surface area contributed by atoms with E-state index < -0.39 is 0 Å². The summed E-state index contributed by atoms with van der Waals surface area (Å²) in [6.45, 7) is 4.13. The number of nitrogens with one attached hydrogen (secondary N) is 1. The van der Waals surface area contributed by atoms with Crippen LogP contribution in [0.15, 0.2) is 40.9 Å². The highest BCUT2D eigenvalue weighted by Gasteiger charge is 2.10. The molecule has 2 aromatic rings. The highest BCUT2D eigenvalue weighted by atomic mass is 79.9. The standard InChI is InChI=1S/C16H17BrN2O2/c1-3-21-16(20)11-5-7-14(13(18)9-11)19-15-8-10(2)4-6-12(15)17/h4-9,19H,3,18H2,1-2H3. The number of hydrogen-bond donors (Lipinski definition) is 2. The molecular weight excluding hydrogens is 332 g/mol. The summed E-state index contributed by atoms with van der Waals surface area (Å²) in [5.41, 5.74) is 9.76. The van der Waals surface area contributed by atoms with Crippen LogP contribution in [-0.2, 0) is 4.74 Å². The maximum atomic E-state index is 11.7. The topological polar surface area (TPSA) is 64.3 Å². The van der Waals surface area contributed by atoms with Gasteiger partial charge in [-0.15, -0.1) is 0 Å². The highest BCUT2D eigenvalue weighted by molar-refractivity contribution is 9.10. The van der Waals surface area contributed by atoms with Crippen molar-refractivity contribution in [2.75, 3.05) is 17.7 Å². The second-order valence-electron chi connectivity index (χ2n) is 4.63. The van der Waals surface area contributed by atoms with Crippen LogP contribution >= 0.6 is 15.9 Å². The van der Waals surface area contributed by atoms with E-state index in [1.165, 1.54) is 0 Å². The second kappa shape index (κ2) is 6.63. The fraction of sp³-hybridized carbons (Fsp3) is 0.188. The van der Waals surface area contributed by atoms with Gasteiger partial charge in [0.05, 0.1) is 29.2 Å². The number of carbonyl (C=O) groups is 1. The van der Waals surface area contributed by atoms with Crippen LogP contribution in [0.2, 0.25) is 0 Å². The lowest BCUT2D eigenvalue weighted by atomic mass is 10.1. The first kappa shape index (κ1) is 15.4. The Kier molecular flexibility index (Phi) is 4.85. The van der Waals surface area contributed by atoms with Crippen molar-refractivity contribution in [3.8, 4) is 0 Å². The Balaban J connectivity index is 2.25. The Hall–Kier alpha value is -2.01. The van der Waals surface area contributed by atoms with E-state index in [9.17, 15) is 4.79 Å². The molecule has 3 N–H and O–H groups in total. The van der Waals surface area contributed by atoms with Gasteiger partial charge in [-0.2, -0.15) is 0 Å². The quantitative estimate of drug-likeness (QED) is 0.639. The molecule has 2 aromatic carbocycles. The SMILES string of the molecule is CCOC(=O)c1ccc(Nc2cc(C)ccc2Br)c(N)c1. The number of aryl methyl sites for hydroxylation is 1. The van der Waals surface area contributed by atoms with Crippen LogP contribution in [0, 0.1) is 6.92 Å². The molecule has 0 unspecified atom stereocenters. The Bertz CT molecular complexity index is 671. The minimum Gasteiger partial charge on any atom is -0.462 e. The average Bonchev–Trinajstić information content (AvgIpc) is 2.45. The van der Waals surface area contributed by atoms with E-state index in [-0.39, 0.29) is 5.97 Å². The van der Waals surface area contributed by atoms with Gasteiger partial charge in [0.25, 0.3) is 0 Å². The summed E-state index contributed by atoms with van der Waals surface area (Å²) in [6, 6.07) is 11.1. The first-order valence-corrected chi connectivity index (χ1v) is 7.40. The number of anilines is 3. The van der Waals surface area contributed by atoms with Crippen LogP contribution in [0.5, 0.6) is 0 Å². The number of esters is 1. The number of hydrogen-bond acceptors (Lipinski definition) is 4. The zero-order valence-electron chi connectivity index (χ0n) is 11.9. The van der Waals surface area contributed by atoms with Gasteiger partial charge in [0.1, 0.15) is 0 Å². The van der Waals surface area contributed by atoms with Crippen molar-refractivity contribution in [3.63, 3.8) is 0 Å². The van der Waals surface area contributed by atoms with Gasteiger partial charge < -0.3 is 15.8 Å². The molecule has 0 aliphatic heterocycles. The van der Waals surface area contributed by atoms with E-state index >= 15 is 0 Å². The number of halogens is 1. The predicted molar refractivity (Wildman–Crippen MR) is 89.0 cm³/mol. The van der Waals surface area contributed by atoms with Crippen LogP contribution in [0.4, 0.5) is 17.1 Å². The molecule has 0 atom stereocenters. The first-order valence-electron chi connectivity index (χ1n) is 6.61. The summed E-state index contributed by atoms with van der Waals surface area (Å²) in [7, 11) is 0. The molecule has 0 radical (unpaired) electrons. The molecule has 0 fully saturated rings. The van der Waals surface area contributed by atoms with Crippen molar-refractivity contribution < 1.29 is 9.53 Å². The maximum Gasteiger partial charge on any atom is 0.338 e. The molecule has 110 valence electrons.